The number of hydrogen-bond donors (Lipinski definition) is 3. The average molecular weight is 1460 g/mol. The van der Waals surface area contributed by atoms with E-state index >= 15 is 0 Å². The van der Waals surface area contributed by atoms with E-state index in [2.05, 4.69) is 16.0 Å². The Bertz CT molecular complexity index is 2810. The lowest BCUT2D eigenvalue weighted by Crippen LogP contribution is -2.56. The van der Waals surface area contributed by atoms with E-state index in [1.807, 2.05) is 96.9 Å². The van der Waals surface area contributed by atoms with E-state index in [9.17, 15) is 67.1 Å². The molecule has 596 valence electrons. The SMILES string of the molecule is CC(C)(C)NC(CCC(=O)N(CC(=O)C(C)(C)C)CC(=O)C(C)(C)C)C(=O)C(C)(C)C.CC(C)(C)NC(CCC(=O)N(CC(=O)C(C)(C)C)CC(=O)C(C)(C)C)C(=O)N(CC(=O)C(C)(C)C)CC(=O)C(C)(C)C.CC(C)C(=O)CCC(NC(C)(C)C)C(=O)N(CC(=O)C(C)(C)C)CC(=O)C(C)(C)C. The smallest absolute Gasteiger partial charge is 0.240 e. The summed E-state index contributed by atoms with van der Waals surface area (Å²) in [4.78, 5) is 187. The van der Waals surface area contributed by atoms with Crippen molar-refractivity contribution < 1.29 is 67.1 Å². The highest BCUT2D eigenvalue weighted by Gasteiger charge is 2.40. The van der Waals surface area contributed by atoms with Gasteiger partial charge in [0.25, 0.3) is 0 Å². The van der Waals surface area contributed by atoms with Crippen LogP contribution in [0, 0.1) is 54.7 Å². The average Bonchev–Trinajstić information content (AvgIpc) is 0.846. The van der Waals surface area contributed by atoms with Gasteiger partial charge in [0.15, 0.2) is 52.0 Å². The van der Waals surface area contributed by atoms with E-state index in [0.29, 0.717) is 12.8 Å². The molecule has 0 saturated heterocycles. The molecule has 0 bridgehead atoms. The van der Waals surface area contributed by atoms with Crippen LogP contribution in [0.5, 0.6) is 0 Å². The van der Waals surface area contributed by atoms with Crippen molar-refractivity contribution in [2.24, 2.45) is 54.7 Å². The summed E-state index contributed by atoms with van der Waals surface area (Å²) in [5.74, 6) is -2.55. The van der Waals surface area contributed by atoms with E-state index in [1.165, 1.54) is 19.6 Å². The van der Waals surface area contributed by atoms with Gasteiger partial charge in [-0.3, -0.25) is 67.1 Å². The second-order valence-corrected chi connectivity index (χ2v) is 41.0. The Labute approximate surface area is 624 Å². The molecule has 103 heavy (non-hydrogen) atoms. The first-order chi connectivity index (χ1) is 45.3. The maximum Gasteiger partial charge on any atom is 0.240 e. The predicted octanol–water partition coefficient (Wildman–Crippen LogP) is 12.6. The zero-order valence-corrected chi connectivity index (χ0v) is 72.2. The Morgan fingerprint density at radius 3 is 0.592 bits per heavy atom. The van der Waals surface area contributed by atoms with Crippen LogP contribution in [0.1, 0.15) is 302 Å². The van der Waals surface area contributed by atoms with E-state index < -0.39 is 84.2 Å². The van der Waals surface area contributed by atoms with Gasteiger partial charge in [-0.1, -0.05) is 201 Å². The van der Waals surface area contributed by atoms with Gasteiger partial charge in [-0.2, -0.15) is 0 Å². The lowest BCUT2D eigenvalue weighted by molar-refractivity contribution is -0.144. The van der Waals surface area contributed by atoms with Gasteiger partial charge >= 0.3 is 0 Å². The summed E-state index contributed by atoms with van der Waals surface area (Å²) in [6, 6.07) is -2.01. The topological polar surface area (TPSA) is 288 Å². The molecule has 0 rings (SSSR count). The van der Waals surface area contributed by atoms with Crippen LogP contribution in [0.15, 0.2) is 0 Å². The standard InChI is InChI=1S/C33H59N3O6.C25H46N2O4.C24H44N2O4/c1-29(2,3)23(37)18-35(19-24(38)30(4,5)6)27(41)17-16-22(34-33(13,14)15)28(42)36(20-25(39)31(7,8)9)21-26(40)32(10,11)12;1-22(2,3)18(28)15-27(16-19(29)23(4,5)6)20(30)14-13-17(26-25(10,11)12)21(31)24(7,8)9;1-16(2)18(27)13-12-17(25-24(9,10)11)21(30)26(14-19(28)22(3,4)5)15-20(29)23(6,7)8/h22,34H,16-21H2,1-15H3;17,26H,13-16H2,1-12H3;16-17,25H,12-15H2,1-11H3. The van der Waals surface area contributed by atoms with Crippen LogP contribution >= 0.6 is 0 Å². The summed E-state index contributed by atoms with van der Waals surface area (Å²) in [7, 11) is 0. The van der Waals surface area contributed by atoms with Crippen molar-refractivity contribution in [3.63, 3.8) is 0 Å². The zero-order valence-electron chi connectivity index (χ0n) is 72.2. The van der Waals surface area contributed by atoms with Crippen LogP contribution in [0.3, 0.4) is 0 Å². The molecule has 4 amide bonds. The molecule has 0 aliphatic heterocycles. The molecule has 0 aliphatic carbocycles. The number of hydrogen-bond acceptors (Lipinski definition) is 17. The molecule has 3 unspecified atom stereocenters. The molecule has 3 N–H and O–H groups in total. The van der Waals surface area contributed by atoms with Gasteiger partial charge in [-0.05, 0) is 81.6 Å². The quantitative estimate of drug-likeness (QED) is 0.0564. The van der Waals surface area contributed by atoms with Gasteiger partial charge in [0.1, 0.15) is 5.78 Å². The Balaban J connectivity index is -0.00000149. The van der Waals surface area contributed by atoms with Crippen LogP contribution in [-0.4, -0.2) is 188 Å². The highest BCUT2D eigenvalue weighted by Crippen LogP contribution is 2.27. The molecule has 21 heteroatoms. The molecule has 0 aliphatic rings. The summed E-state index contributed by atoms with van der Waals surface area (Å²) >= 11 is 0. The molecule has 0 radical (unpaired) electrons. The van der Waals surface area contributed by atoms with Crippen LogP contribution in [0.25, 0.3) is 0 Å². The molecule has 0 fully saturated rings. The van der Waals surface area contributed by atoms with Crippen molar-refractivity contribution in [2.45, 2.75) is 336 Å². The first kappa shape index (κ1) is 102. The van der Waals surface area contributed by atoms with Crippen molar-refractivity contribution in [1.82, 2.24) is 35.6 Å². The minimum atomic E-state index is -0.882. The summed E-state index contributed by atoms with van der Waals surface area (Å²) in [5, 5.41) is 9.89. The Kier molecular flexibility index (Phi) is 38.8. The molecule has 0 aromatic rings. The van der Waals surface area contributed by atoms with Gasteiger partial charge in [0.2, 0.25) is 23.6 Å². The lowest BCUT2D eigenvalue weighted by atomic mass is 9.84. The van der Waals surface area contributed by atoms with E-state index in [4.69, 9.17) is 0 Å². The Hall–Kier alpha value is -5.54. The van der Waals surface area contributed by atoms with Crippen LogP contribution in [0.4, 0.5) is 0 Å². The van der Waals surface area contributed by atoms with Gasteiger partial charge in [-0.15, -0.1) is 0 Å². The van der Waals surface area contributed by atoms with Crippen molar-refractivity contribution >= 4 is 81.5 Å². The molecule has 0 heterocycles. The maximum absolute atomic E-state index is 14.0. The number of ketones is 10. The van der Waals surface area contributed by atoms with Crippen LogP contribution < -0.4 is 16.0 Å². The Morgan fingerprint density at radius 1 is 0.243 bits per heavy atom. The number of carbonyl (C=O) groups is 14. The maximum atomic E-state index is 14.0. The first-order valence-electron chi connectivity index (χ1n) is 37.1. The van der Waals surface area contributed by atoms with E-state index in [-0.39, 0.29) is 165 Å². The molecule has 0 saturated carbocycles. The fourth-order valence-corrected chi connectivity index (χ4v) is 8.91. The largest absolute Gasteiger partial charge is 0.328 e. The molecule has 21 nitrogen and oxygen atoms in total. The molecule has 0 spiro atoms. The third-order valence-electron chi connectivity index (χ3n) is 16.8. The van der Waals surface area contributed by atoms with Gasteiger partial charge in [0, 0.05) is 90.5 Å². The fourth-order valence-electron chi connectivity index (χ4n) is 8.91. The van der Waals surface area contributed by atoms with Crippen molar-refractivity contribution in [3.8, 4) is 0 Å². The lowest BCUT2D eigenvalue weighted by Gasteiger charge is -2.34. The first-order valence-corrected chi connectivity index (χ1v) is 37.1. The predicted molar refractivity (Wildman–Crippen MR) is 414 cm³/mol. The van der Waals surface area contributed by atoms with Gasteiger partial charge in [-0.25, -0.2) is 0 Å². The summed E-state index contributed by atoms with van der Waals surface area (Å²) in [5.41, 5.74) is -7.02. The molecule has 0 aromatic carbocycles. The zero-order chi connectivity index (χ0) is 82.7. The van der Waals surface area contributed by atoms with Gasteiger partial charge < -0.3 is 35.6 Å². The summed E-state index contributed by atoms with van der Waals surface area (Å²) in [6.45, 7) is 68.2. The second-order valence-electron chi connectivity index (χ2n) is 41.0. The monoisotopic (exact) mass is 1460 g/mol. The van der Waals surface area contributed by atoms with Crippen molar-refractivity contribution in [3.05, 3.63) is 0 Å². The third-order valence-corrected chi connectivity index (χ3v) is 16.8. The minimum Gasteiger partial charge on any atom is -0.328 e. The van der Waals surface area contributed by atoms with Crippen LogP contribution in [0.2, 0.25) is 0 Å². The number of Topliss-reactive ketones (excluding diaryl/α,β-unsaturated/α-hetero) is 10. The van der Waals surface area contributed by atoms with Crippen molar-refractivity contribution in [2.75, 3.05) is 52.4 Å². The number of nitrogens with one attached hydrogen (secondary N) is 3. The number of rotatable bonds is 32. The highest BCUT2D eigenvalue weighted by molar-refractivity contribution is 5.98. The Morgan fingerprint density at radius 2 is 0.417 bits per heavy atom. The molecule has 3 atom stereocenters. The molecule has 0 aromatic heterocycles. The molecular formula is C82H149N7O14. The second kappa shape index (κ2) is 39.3. The van der Waals surface area contributed by atoms with Crippen molar-refractivity contribution in [1.29, 1.82) is 0 Å². The molecular weight excluding hydrogens is 1310 g/mol. The summed E-state index contributed by atoms with van der Waals surface area (Å²) in [6.07, 6.45) is 0.953. The fraction of sp³-hybridized carbons (Fsp3) is 0.829. The normalized spacial score (nSPS) is 13.9. The number of nitrogens with zero attached hydrogens (tertiary/aromatic N) is 4. The number of amides is 4. The van der Waals surface area contributed by atoms with Gasteiger partial charge in [0.05, 0.1) is 70.5 Å². The van der Waals surface area contributed by atoms with E-state index in [0.717, 1.165) is 0 Å². The third kappa shape index (κ3) is 42.4. The van der Waals surface area contributed by atoms with Crippen LogP contribution in [-0.2, 0) is 67.1 Å². The highest BCUT2D eigenvalue weighted by atomic mass is 16.2. The van der Waals surface area contributed by atoms with E-state index in [1.54, 1.807) is 166 Å². The minimum absolute atomic E-state index is 0.0401. The number of carbonyl (C=O) groups excluding carboxylic acids is 14. The summed E-state index contributed by atoms with van der Waals surface area (Å²) < 4.78 is 0.